The number of piperidine rings is 1. The van der Waals surface area contributed by atoms with Crippen LogP contribution in [0.15, 0.2) is 0 Å². The molecule has 2 N–H and O–H groups in total. The topological polar surface area (TPSA) is 64.7 Å². The van der Waals surface area contributed by atoms with Crippen LogP contribution >= 0.6 is 0 Å². The number of hydrogen-bond donors (Lipinski definition) is 2. The van der Waals surface area contributed by atoms with E-state index in [0.717, 1.165) is 25.9 Å². The number of likely N-dealkylation sites (N-methyl/N-ethyl adjacent to an activating group) is 1. The van der Waals surface area contributed by atoms with Crippen LogP contribution in [0.2, 0.25) is 0 Å². The first kappa shape index (κ1) is 17.8. The van der Waals surface area contributed by atoms with Crippen LogP contribution in [0, 0.1) is 5.92 Å². The maximum absolute atomic E-state index is 12.2. The Kier molecular flexibility index (Phi) is 7.39. The molecule has 0 aromatic heterocycles. The maximum atomic E-state index is 12.2. The molecule has 1 fully saturated rings. The van der Waals surface area contributed by atoms with E-state index < -0.39 is 10.2 Å². The molecule has 1 heterocycles. The van der Waals surface area contributed by atoms with Gasteiger partial charge in [0, 0.05) is 25.7 Å². The van der Waals surface area contributed by atoms with Crippen LogP contribution in [-0.2, 0) is 10.2 Å². The Balaban J connectivity index is 2.38. The third kappa shape index (κ3) is 5.65. The Hall–Kier alpha value is -0.210. The molecule has 1 aliphatic rings. The number of hydrogen-bond acceptors (Lipinski definition) is 4. The van der Waals surface area contributed by atoms with Crippen LogP contribution in [0.4, 0.5) is 0 Å². The zero-order valence-electron chi connectivity index (χ0n) is 13.2. The van der Waals surface area contributed by atoms with Crippen LogP contribution in [-0.4, -0.2) is 70.5 Å². The second kappa shape index (κ2) is 8.29. The van der Waals surface area contributed by atoms with Gasteiger partial charge in [-0.25, -0.2) is 4.72 Å². The lowest BCUT2D eigenvalue weighted by molar-refractivity contribution is 0.263. The fraction of sp³-hybridized carbons (Fsp3) is 1.00. The van der Waals surface area contributed by atoms with E-state index in [4.69, 9.17) is 0 Å². The van der Waals surface area contributed by atoms with E-state index in [1.807, 2.05) is 25.9 Å². The van der Waals surface area contributed by atoms with Gasteiger partial charge in [0.2, 0.25) is 0 Å². The first-order valence-electron chi connectivity index (χ1n) is 7.48. The van der Waals surface area contributed by atoms with Gasteiger partial charge in [-0.1, -0.05) is 6.92 Å². The normalized spacial score (nSPS) is 20.4. The fourth-order valence-electron chi connectivity index (χ4n) is 2.20. The summed E-state index contributed by atoms with van der Waals surface area (Å²) in [5.41, 5.74) is 0. The van der Waals surface area contributed by atoms with Crippen molar-refractivity contribution < 1.29 is 8.42 Å². The van der Waals surface area contributed by atoms with Crippen LogP contribution < -0.4 is 10.0 Å². The quantitative estimate of drug-likeness (QED) is 0.667. The molecule has 1 rings (SSSR count). The average Bonchev–Trinajstić information content (AvgIpc) is 2.43. The van der Waals surface area contributed by atoms with Crippen molar-refractivity contribution in [2.45, 2.75) is 32.7 Å². The Bertz CT molecular complexity index is 365. The van der Waals surface area contributed by atoms with E-state index in [0.29, 0.717) is 25.6 Å². The molecule has 0 bridgehead atoms. The van der Waals surface area contributed by atoms with Crippen LogP contribution in [0.25, 0.3) is 0 Å². The molecule has 7 heteroatoms. The molecule has 0 radical (unpaired) electrons. The average molecular weight is 306 g/mol. The van der Waals surface area contributed by atoms with Crippen molar-refractivity contribution in [3.05, 3.63) is 0 Å². The highest BCUT2D eigenvalue weighted by Gasteiger charge is 2.27. The molecule has 0 saturated carbocycles. The number of rotatable bonds is 8. The Morgan fingerprint density at radius 2 is 1.90 bits per heavy atom. The lowest BCUT2D eigenvalue weighted by Crippen LogP contribution is -2.48. The highest BCUT2D eigenvalue weighted by molar-refractivity contribution is 7.87. The number of nitrogens with zero attached hydrogens (tertiary/aromatic N) is 2. The molecule has 0 spiro atoms. The smallest absolute Gasteiger partial charge is 0.279 e. The van der Waals surface area contributed by atoms with E-state index in [2.05, 4.69) is 17.0 Å². The molecule has 0 aliphatic carbocycles. The van der Waals surface area contributed by atoms with Gasteiger partial charge in [0.25, 0.3) is 10.2 Å². The zero-order valence-corrected chi connectivity index (χ0v) is 14.0. The third-order valence-corrected chi connectivity index (χ3v) is 5.62. The molecule has 0 aromatic carbocycles. The molecule has 1 saturated heterocycles. The lowest BCUT2D eigenvalue weighted by Gasteiger charge is -2.32. The van der Waals surface area contributed by atoms with E-state index in [9.17, 15) is 8.42 Å². The molecular formula is C13H30N4O2S. The van der Waals surface area contributed by atoms with Crippen molar-refractivity contribution in [3.63, 3.8) is 0 Å². The van der Waals surface area contributed by atoms with Gasteiger partial charge in [-0.2, -0.15) is 12.7 Å². The first-order chi connectivity index (χ1) is 9.36. The van der Waals surface area contributed by atoms with E-state index in [1.165, 1.54) is 0 Å². The molecule has 120 valence electrons. The minimum atomic E-state index is -3.32. The maximum Gasteiger partial charge on any atom is 0.279 e. The predicted molar refractivity (Wildman–Crippen MR) is 82.9 cm³/mol. The summed E-state index contributed by atoms with van der Waals surface area (Å²) in [6.07, 6.45) is 1.88. The first-order valence-corrected chi connectivity index (χ1v) is 8.92. The Morgan fingerprint density at radius 1 is 1.30 bits per heavy atom. The summed E-state index contributed by atoms with van der Waals surface area (Å²) in [6.45, 7) is 7.77. The molecular weight excluding hydrogens is 276 g/mol. The second-order valence-corrected chi connectivity index (χ2v) is 7.57. The van der Waals surface area contributed by atoms with Gasteiger partial charge in [-0.05, 0) is 52.9 Å². The molecule has 6 nitrogen and oxygen atoms in total. The molecule has 1 unspecified atom stereocenters. The lowest BCUT2D eigenvalue weighted by atomic mass is 9.98. The zero-order chi connectivity index (χ0) is 15.2. The van der Waals surface area contributed by atoms with Gasteiger partial charge in [-0.15, -0.1) is 0 Å². The number of nitrogens with one attached hydrogen (secondary N) is 2. The van der Waals surface area contributed by atoms with E-state index >= 15 is 0 Å². The Morgan fingerprint density at radius 3 is 2.40 bits per heavy atom. The summed E-state index contributed by atoms with van der Waals surface area (Å²) in [5, 5.41) is 3.33. The highest BCUT2D eigenvalue weighted by atomic mass is 32.2. The summed E-state index contributed by atoms with van der Waals surface area (Å²) in [5.74, 6) is 0.599. The largest absolute Gasteiger partial charge is 0.317 e. The van der Waals surface area contributed by atoms with Crippen molar-refractivity contribution in [1.29, 1.82) is 0 Å². The summed E-state index contributed by atoms with van der Waals surface area (Å²) >= 11 is 0. The minimum absolute atomic E-state index is 0.191. The Labute approximate surface area is 124 Å². The molecule has 0 amide bonds. The van der Waals surface area contributed by atoms with Crippen molar-refractivity contribution in [2.75, 3.05) is 46.8 Å². The van der Waals surface area contributed by atoms with Crippen LogP contribution in [0.1, 0.15) is 26.7 Å². The van der Waals surface area contributed by atoms with Gasteiger partial charge in [0.05, 0.1) is 0 Å². The van der Waals surface area contributed by atoms with Crippen molar-refractivity contribution in [2.24, 2.45) is 5.92 Å². The summed E-state index contributed by atoms with van der Waals surface area (Å²) in [7, 11) is 0.580. The SMILES string of the molecule is CCNCC1CCN(S(=O)(=O)NCC(C)N(C)C)CC1. The van der Waals surface area contributed by atoms with Gasteiger partial charge in [-0.3, -0.25) is 0 Å². The van der Waals surface area contributed by atoms with Crippen molar-refractivity contribution in [3.8, 4) is 0 Å². The summed E-state index contributed by atoms with van der Waals surface area (Å²) < 4.78 is 28.7. The molecule has 0 aromatic rings. The third-order valence-electron chi connectivity index (χ3n) is 4.04. The van der Waals surface area contributed by atoms with Crippen molar-refractivity contribution >= 4 is 10.2 Å². The fourth-order valence-corrected chi connectivity index (χ4v) is 3.53. The standard InChI is InChI=1S/C13H30N4O2S/c1-5-14-11-13-6-8-17(9-7-13)20(18,19)15-10-12(2)16(3)4/h12-15H,5-11H2,1-4H3. The predicted octanol–water partition coefficient (Wildman–Crippen LogP) is 0.0924. The van der Waals surface area contributed by atoms with Gasteiger partial charge < -0.3 is 10.2 Å². The van der Waals surface area contributed by atoms with Gasteiger partial charge in [0.15, 0.2) is 0 Å². The van der Waals surface area contributed by atoms with Gasteiger partial charge in [0.1, 0.15) is 0 Å². The monoisotopic (exact) mass is 306 g/mol. The van der Waals surface area contributed by atoms with Crippen molar-refractivity contribution in [1.82, 2.24) is 19.2 Å². The summed E-state index contributed by atoms with van der Waals surface area (Å²) in [6, 6.07) is 0.191. The molecule has 1 atom stereocenters. The van der Waals surface area contributed by atoms with Crippen LogP contribution in [0.3, 0.4) is 0 Å². The highest BCUT2D eigenvalue weighted by Crippen LogP contribution is 2.18. The molecule has 1 aliphatic heterocycles. The van der Waals surface area contributed by atoms with Gasteiger partial charge >= 0.3 is 0 Å². The second-order valence-electron chi connectivity index (χ2n) is 5.82. The van der Waals surface area contributed by atoms with E-state index in [1.54, 1.807) is 4.31 Å². The molecule has 20 heavy (non-hydrogen) atoms. The van der Waals surface area contributed by atoms with E-state index in [-0.39, 0.29) is 6.04 Å². The minimum Gasteiger partial charge on any atom is -0.317 e. The summed E-state index contributed by atoms with van der Waals surface area (Å²) in [4.78, 5) is 2.01. The van der Waals surface area contributed by atoms with Crippen LogP contribution in [0.5, 0.6) is 0 Å².